The number of amides is 2. The minimum atomic E-state index is -3.64. The number of nitrogens with zero attached hydrogens (tertiary/aromatic N) is 4. The molecule has 0 radical (unpaired) electrons. The van der Waals surface area contributed by atoms with Gasteiger partial charge in [-0.2, -0.15) is 4.31 Å². The molecule has 1 fully saturated rings. The van der Waals surface area contributed by atoms with Crippen LogP contribution < -0.4 is 10.1 Å². The maximum atomic E-state index is 12.7. The lowest BCUT2D eigenvalue weighted by Crippen LogP contribution is -2.42. The Balaban J connectivity index is 1.56. The molecule has 152 valence electrons. The molecule has 28 heavy (non-hydrogen) atoms. The lowest BCUT2D eigenvalue weighted by molar-refractivity contribution is 0.200. The molecule has 0 saturated carbocycles. The zero-order valence-corrected chi connectivity index (χ0v) is 16.9. The van der Waals surface area contributed by atoms with E-state index in [1.807, 2.05) is 24.3 Å². The highest BCUT2D eigenvalue weighted by Gasteiger charge is 2.29. The number of benzene rings is 1. The summed E-state index contributed by atoms with van der Waals surface area (Å²) < 4.78 is 33.5. The number of sulfonamides is 1. The molecule has 0 spiro atoms. The number of imidazole rings is 1. The van der Waals surface area contributed by atoms with Crippen LogP contribution in [0.4, 0.5) is 4.79 Å². The second-order valence-corrected chi connectivity index (χ2v) is 8.51. The van der Waals surface area contributed by atoms with Crippen LogP contribution in [0.3, 0.4) is 0 Å². The summed E-state index contributed by atoms with van der Waals surface area (Å²) in [6.07, 6.45) is 3.52. The summed E-state index contributed by atoms with van der Waals surface area (Å²) in [5.74, 6) is 0.761. The smallest absolute Gasteiger partial charge is 0.317 e. The molecule has 0 bridgehead atoms. The summed E-state index contributed by atoms with van der Waals surface area (Å²) in [5, 5.41) is 2.92. The van der Waals surface area contributed by atoms with Crippen LogP contribution in [-0.2, 0) is 23.6 Å². The predicted molar refractivity (Wildman–Crippen MR) is 103 cm³/mol. The molecule has 1 aliphatic rings. The summed E-state index contributed by atoms with van der Waals surface area (Å²) in [7, 11) is -0.314. The molecule has 9 nitrogen and oxygen atoms in total. The molecule has 3 rings (SSSR count). The Morgan fingerprint density at radius 3 is 2.57 bits per heavy atom. The molecule has 1 aliphatic heterocycles. The number of rotatable bonds is 5. The Kier molecular flexibility index (Phi) is 6.20. The van der Waals surface area contributed by atoms with E-state index in [4.69, 9.17) is 4.74 Å². The molecule has 0 aliphatic carbocycles. The third kappa shape index (κ3) is 4.63. The topological polar surface area (TPSA) is 96.8 Å². The van der Waals surface area contributed by atoms with Gasteiger partial charge in [-0.1, -0.05) is 12.1 Å². The van der Waals surface area contributed by atoms with E-state index in [-0.39, 0.29) is 17.6 Å². The molecular formula is C18H25N5O4S. The fourth-order valence-corrected chi connectivity index (χ4v) is 4.46. The summed E-state index contributed by atoms with van der Waals surface area (Å²) >= 11 is 0. The summed E-state index contributed by atoms with van der Waals surface area (Å²) in [4.78, 5) is 18.1. The van der Waals surface area contributed by atoms with Crippen molar-refractivity contribution in [1.82, 2.24) is 24.1 Å². The highest BCUT2D eigenvalue weighted by molar-refractivity contribution is 7.89. The van der Waals surface area contributed by atoms with Gasteiger partial charge in [-0.25, -0.2) is 18.2 Å². The molecule has 0 unspecified atom stereocenters. The maximum Gasteiger partial charge on any atom is 0.317 e. The Hall–Kier alpha value is -2.59. The van der Waals surface area contributed by atoms with Crippen molar-refractivity contribution >= 4 is 16.1 Å². The highest BCUT2D eigenvalue weighted by Crippen LogP contribution is 2.16. The number of urea groups is 1. The van der Waals surface area contributed by atoms with Crippen LogP contribution in [0.2, 0.25) is 0 Å². The molecule has 1 aromatic carbocycles. The number of methoxy groups -OCH3 is 1. The fraction of sp³-hybridized carbons (Fsp3) is 0.444. The third-order valence-corrected chi connectivity index (χ3v) is 6.41. The first kappa shape index (κ1) is 20.2. The lowest BCUT2D eigenvalue weighted by Gasteiger charge is -2.22. The maximum absolute atomic E-state index is 12.7. The van der Waals surface area contributed by atoms with Gasteiger partial charge in [0.2, 0.25) is 0 Å². The van der Waals surface area contributed by atoms with E-state index in [1.54, 1.807) is 23.6 Å². The van der Waals surface area contributed by atoms with Gasteiger partial charge in [0.1, 0.15) is 5.75 Å². The largest absolute Gasteiger partial charge is 0.497 e. The van der Waals surface area contributed by atoms with Crippen LogP contribution in [0, 0.1) is 0 Å². The van der Waals surface area contributed by atoms with Crippen molar-refractivity contribution in [3.05, 3.63) is 42.4 Å². The Morgan fingerprint density at radius 1 is 1.18 bits per heavy atom. The Bertz CT molecular complexity index is 910. The van der Waals surface area contributed by atoms with E-state index < -0.39 is 10.0 Å². The van der Waals surface area contributed by atoms with Crippen LogP contribution in [0.1, 0.15) is 12.0 Å². The number of hydrogen-bond acceptors (Lipinski definition) is 5. The average molecular weight is 407 g/mol. The first-order valence-electron chi connectivity index (χ1n) is 9.04. The minimum Gasteiger partial charge on any atom is -0.497 e. The van der Waals surface area contributed by atoms with Crippen molar-refractivity contribution in [2.24, 2.45) is 7.05 Å². The van der Waals surface area contributed by atoms with E-state index >= 15 is 0 Å². The van der Waals surface area contributed by atoms with E-state index in [0.29, 0.717) is 32.6 Å². The molecule has 2 amide bonds. The summed E-state index contributed by atoms with van der Waals surface area (Å²) in [5.41, 5.74) is 0.961. The van der Waals surface area contributed by atoms with Crippen molar-refractivity contribution in [2.45, 2.75) is 18.0 Å². The molecule has 0 atom stereocenters. The number of nitrogens with one attached hydrogen (secondary N) is 1. The molecule has 1 saturated heterocycles. The molecule has 2 aromatic rings. The fourth-order valence-electron chi connectivity index (χ4n) is 3.02. The highest BCUT2D eigenvalue weighted by atomic mass is 32.2. The van der Waals surface area contributed by atoms with Gasteiger partial charge in [-0.05, 0) is 24.1 Å². The zero-order valence-electron chi connectivity index (χ0n) is 16.0. The minimum absolute atomic E-state index is 0.0346. The van der Waals surface area contributed by atoms with Crippen LogP contribution >= 0.6 is 0 Å². The standard InChI is InChI=1S/C18H25N5O4S/c1-21-13-17(20-14-21)28(25,26)23-9-3-8-22(10-11-23)18(24)19-12-15-4-6-16(27-2)7-5-15/h4-7,13-14H,3,8-12H2,1-2H3,(H,19,24). The SMILES string of the molecule is COc1ccc(CNC(=O)N2CCCN(S(=O)(=O)c3cn(C)cn3)CC2)cc1. The van der Waals surface area contributed by atoms with E-state index in [2.05, 4.69) is 10.3 Å². The number of carbonyl (C=O) groups excluding carboxylic acids is 1. The van der Waals surface area contributed by atoms with Crippen molar-refractivity contribution in [2.75, 3.05) is 33.3 Å². The predicted octanol–water partition coefficient (Wildman–Crippen LogP) is 1.03. The van der Waals surface area contributed by atoms with Crippen molar-refractivity contribution < 1.29 is 17.9 Å². The molecule has 1 N–H and O–H groups in total. The molecule has 10 heteroatoms. The van der Waals surface area contributed by atoms with Gasteiger partial charge in [0, 0.05) is 46.0 Å². The van der Waals surface area contributed by atoms with E-state index in [9.17, 15) is 13.2 Å². The van der Waals surface area contributed by atoms with Gasteiger partial charge in [-0.15, -0.1) is 0 Å². The van der Waals surface area contributed by atoms with Crippen molar-refractivity contribution in [3.8, 4) is 5.75 Å². The average Bonchev–Trinajstić information content (AvgIpc) is 2.99. The van der Waals surface area contributed by atoms with Crippen molar-refractivity contribution in [1.29, 1.82) is 0 Å². The summed E-state index contributed by atoms with van der Waals surface area (Å²) in [6.45, 7) is 1.84. The van der Waals surface area contributed by atoms with Gasteiger partial charge in [-0.3, -0.25) is 0 Å². The van der Waals surface area contributed by atoms with Crippen LogP contribution in [0.5, 0.6) is 5.75 Å². The lowest BCUT2D eigenvalue weighted by atomic mass is 10.2. The molecular weight excluding hydrogens is 382 g/mol. The summed E-state index contributed by atoms with van der Waals surface area (Å²) in [6, 6.07) is 7.26. The Labute approximate surface area is 165 Å². The van der Waals surface area contributed by atoms with Crippen LogP contribution in [0.25, 0.3) is 0 Å². The Morgan fingerprint density at radius 2 is 1.93 bits per heavy atom. The third-order valence-electron chi connectivity index (χ3n) is 4.63. The number of carbonyl (C=O) groups is 1. The van der Waals surface area contributed by atoms with E-state index in [1.165, 1.54) is 16.8 Å². The first-order valence-corrected chi connectivity index (χ1v) is 10.5. The monoisotopic (exact) mass is 407 g/mol. The second kappa shape index (κ2) is 8.61. The number of aryl methyl sites for hydroxylation is 1. The van der Waals surface area contributed by atoms with Gasteiger partial charge in [0.05, 0.1) is 13.4 Å². The van der Waals surface area contributed by atoms with Crippen LogP contribution in [-0.4, -0.2) is 66.5 Å². The normalized spacial score (nSPS) is 15.9. The zero-order chi connectivity index (χ0) is 20.1. The number of ether oxygens (including phenoxy) is 1. The number of hydrogen-bond donors (Lipinski definition) is 1. The second-order valence-electron chi connectivity index (χ2n) is 6.63. The van der Waals surface area contributed by atoms with E-state index in [0.717, 1.165) is 11.3 Å². The van der Waals surface area contributed by atoms with Gasteiger partial charge in [0.25, 0.3) is 10.0 Å². The molecule has 1 aromatic heterocycles. The first-order chi connectivity index (χ1) is 13.4. The van der Waals surface area contributed by atoms with Crippen LogP contribution in [0.15, 0.2) is 41.8 Å². The van der Waals surface area contributed by atoms with Gasteiger partial charge >= 0.3 is 6.03 Å². The van der Waals surface area contributed by atoms with Gasteiger partial charge in [0.15, 0.2) is 5.03 Å². The number of aromatic nitrogens is 2. The van der Waals surface area contributed by atoms with Crippen molar-refractivity contribution in [3.63, 3.8) is 0 Å². The molecule has 2 heterocycles. The quantitative estimate of drug-likeness (QED) is 0.799. The van der Waals surface area contributed by atoms with Gasteiger partial charge < -0.3 is 19.5 Å².